The van der Waals surface area contributed by atoms with Crippen LogP contribution in [0.2, 0.25) is 0 Å². The molecule has 0 amide bonds. The van der Waals surface area contributed by atoms with Crippen LogP contribution in [0.25, 0.3) is 0 Å². The maximum Gasteiger partial charge on any atom is 0.328 e. The zero-order valence-electron chi connectivity index (χ0n) is 28.9. The Kier molecular flexibility index (Phi) is 9.72. The standard InChI is InChI=1S/C39H63ClO2/c1-11-28(5)22-39(40,33(41)42-37-21-29(6)20-35(9,27-37)25-34(7,8)26-37)36(10,14-4)30(12-2)23-38(24-31(38)13-3)32-18-16-15-17-19-32/h15-19,28-31H,11-14,20-27H2,1-10H3. The third kappa shape index (κ3) is 6.23. The van der Waals surface area contributed by atoms with Crippen molar-refractivity contribution in [2.24, 2.45) is 39.9 Å². The average molecular weight is 599 g/mol. The molecule has 3 aliphatic rings. The predicted octanol–water partition coefficient (Wildman–Crippen LogP) is 11.5. The van der Waals surface area contributed by atoms with Crippen molar-refractivity contribution in [2.45, 2.75) is 162 Å². The number of alkyl halides is 1. The van der Waals surface area contributed by atoms with E-state index in [1.807, 2.05) is 0 Å². The van der Waals surface area contributed by atoms with Crippen LogP contribution >= 0.6 is 11.6 Å². The van der Waals surface area contributed by atoms with E-state index in [0.717, 1.165) is 44.9 Å². The number of ether oxygens (including phenoxy) is 1. The second kappa shape index (κ2) is 12.1. The number of fused-ring (bicyclic) bond motifs is 2. The van der Waals surface area contributed by atoms with Crippen molar-refractivity contribution in [2.75, 3.05) is 0 Å². The monoisotopic (exact) mass is 598 g/mol. The topological polar surface area (TPSA) is 26.3 Å². The second-order valence-electron chi connectivity index (χ2n) is 17.0. The van der Waals surface area contributed by atoms with Crippen molar-refractivity contribution in [1.29, 1.82) is 0 Å². The molecule has 42 heavy (non-hydrogen) atoms. The third-order valence-electron chi connectivity index (χ3n) is 12.7. The van der Waals surface area contributed by atoms with Gasteiger partial charge in [-0.2, -0.15) is 0 Å². The highest BCUT2D eigenvalue weighted by Gasteiger charge is 2.63. The molecule has 0 heterocycles. The summed E-state index contributed by atoms with van der Waals surface area (Å²) >= 11 is 7.97. The summed E-state index contributed by atoms with van der Waals surface area (Å²) in [6, 6.07) is 11.2. The highest BCUT2D eigenvalue weighted by Crippen LogP contribution is 2.65. The van der Waals surface area contributed by atoms with Crippen LogP contribution in [-0.2, 0) is 14.9 Å². The molecule has 0 radical (unpaired) electrons. The molecule has 238 valence electrons. The fourth-order valence-corrected chi connectivity index (χ4v) is 11.5. The van der Waals surface area contributed by atoms with Crippen LogP contribution < -0.4 is 0 Å². The lowest BCUT2D eigenvalue weighted by Gasteiger charge is -2.58. The molecule has 3 aliphatic carbocycles. The van der Waals surface area contributed by atoms with E-state index in [-0.39, 0.29) is 27.6 Å². The molecule has 2 nitrogen and oxygen atoms in total. The van der Waals surface area contributed by atoms with Crippen molar-refractivity contribution < 1.29 is 9.53 Å². The van der Waals surface area contributed by atoms with Gasteiger partial charge in [0.2, 0.25) is 0 Å². The molecular weight excluding hydrogens is 536 g/mol. The number of rotatable bonds is 13. The second-order valence-corrected chi connectivity index (χ2v) is 17.7. The zero-order valence-corrected chi connectivity index (χ0v) is 29.6. The van der Waals surface area contributed by atoms with E-state index in [1.165, 1.54) is 31.2 Å². The quantitative estimate of drug-likeness (QED) is 0.167. The van der Waals surface area contributed by atoms with Crippen LogP contribution in [0.4, 0.5) is 0 Å². The molecule has 1 aromatic rings. The van der Waals surface area contributed by atoms with E-state index in [4.69, 9.17) is 16.3 Å². The van der Waals surface area contributed by atoms with Crippen LogP contribution in [0.15, 0.2) is 30.3 Å². The molecule has 0 spiro atoms. The first-order valence-corrected chi connectivity index (χ1v) is 17.9. The maximum absolute atomic E-state index is 14.9. The summed E-state index contributed by atoms with van der Waals surface area (Å²) in [7, 11) is 0. The summed E-state index contributed by atoms with van der Waals surface area (Å²) in [4.78, 5) is 13.9. The Balaban J connectivity index is 1.72. The SMILES string of the molecule is CCC(C)CC(Cl)(C(=O)OC12CC(C)CC(C)(CC(C)(C)C1)C2)C(C)(CC)C(CC)CC1(c2ccccc2)CC1CC. The molecule has 9 unspecified atom stereocenters. The Bertz CT molecular complexity index is 1080. The first-order valence-electron chi connectivity index (χ1n) is 17.5. The minimum Gasteiger partial charge on any atom is -0.458 e. The summed E-state index contributed by atoms with van der Waals surface area (Å²) in [6.45, 7) is 23.3. The molecule has 0 aromatic heterocycles. The molecule has 3 fully saturated rings. The Morgan fingerprint density at radius 1 is 1.00 bits per heavy atom. The van der Waals surface area contributed by atoms with Crippen molar-refractivity contribution >= 4 is 17.6 Å². The van der Waals surface area contributed by atoms with Gasteiger partial charge in [0.1, 0.15) is 10.5 Å². The molecule has 1 aromatic carbocycles. The fourth-order valence-electron chi connectivity index (χ4n) is 11.0. The largest absolute Gasteiger partial charge is 0.458 e. The van der Waals surface area contributed by atoms with Crippen molar-refractivity contribution in [3.05, 3.63) is 35.9 Å². The average Bonchev–Trinajstić information content (AvgIpc) is 3.63. The van der Waals surface area contributed by atoms with E-state index in [1.54, 1.807) is 0 Å². The summed E-state index contributed by atoms with van der Waals surface area (Å²) in [5, 5.41) is 0. The van der Waals surface area contributed by atoms with Gasteiger partial charge in [-0.1, -0.05) is 119 Å². The number of benzene rings is 1. The number of esters is 1. The molecule has 4 rings (SSSR count). The van der Waals surface area contributed by atoms with E-state index >= 15 is 0 Å². The van der Waals surface area contributed by atoms with Crippen molar-refractivity contribution in [3.63, 3.8) is 0 Å². The Labute approximate surface area is 264 Å². The normalized spacial score (nSPS) is 36.3. The molecular formula is C39H63ClO2. The van der Waals surface area contributed by atoms with Gasteiger partial charge in [-0.3, -0.25) is 4.79 Å². The fraction of sp³-hybridized carbons (Fsp3) is 0.821. The number of carbonyl (C=O) groups excluding carboxylic acids is 1. The van der Waals surface area contributed by atoms with E-state index < -0.39 is 10.5 Å². The van der Waals surface area contributed by atoms with Gasteiger partial charge in [-0.25, -0.2) is 0 Å². The molecule has 3 saturated carbocycles. The van der Waals surface area contributed by atoms with Crippen LogP contribution in [0.5, 0.6) is 0 Å². The van der Waals surface area contributed by atoms with Gasteiger partial charge in [-0.15, -0.1) is 11.6 Å². The van der Waals surface area contributed by atoms with Gasteiger partial charge in [0.25, 0.3) is 0 Å². The Morgan fingerprint density at radius 2 is 1.67 bits per heavy atom. The van der Waals surface area contributed by atoms with Gasteiger partial charge in [-0.05, 0) is 103 Å². The van der Waals surface area contributed by atoms with E-state index in [9.17, 15) is 4.79 Å². The summed E-state index contributed by atoms with van der Waals surface area (Å²) in [5.74, 6) is 1.80. The first kappa shape index (κ1) is 33.9. The van der Waals surface area contributed by atoms with Crippen LogP contribution in [0, 0.1) is 39.9 Å². The van der Waals surface area contributed by atoms with Gasteiger partial charge >= 0.3 is 5.97 Å². The summed E-state index contributed by atoms with van der Waals surface area (Å²) in [6.07, 6.45) is 12.4. The van der Waals surface area contributed by atoms with Gasteiger partial charge in [0.15, 0.2) is 0 Å². The lowest BCUT2D eigenvalue weighted by molar-refractivity contribution is -0.198. The molecule has 0 saturated heterocycles. The minimum absolute atomic E-state index is 0.127. The minimum atomic E-state index is -1.06. The van der Waals surface area contributed by atoms with E-state index in [0.29, 0.717) is 30.1 Å². The number of carbonyl (C=O) groups is 1. The highest BCUT2D eigenvalue weighted by molar-refractivity contribution is 6.34. The molecule has 3 heteroatoms. The van der Waals surface area contributed by atoms with Gasteiger partial charge < -0.3 is 4.74 Å². The lowest BCUT2D eigenvalue weighted by Crippen LogP contribution is -2.59. The highest BCUT2D eigenvalue weighted by atomic mass is 35.5. The number of hydrogen-bond acceptors (Lipinski definition) is 2. The molecule has 0 aliphatic heterocycles. The maximum atomic E-state index is 14.9. The van der Waals surface area contributed by atoms with Gasteiger partial charge in [0.05, 0.1) is 0 Å². The zero-order chi connectivity index (χ0) is 31.2. The summed E-state index contributed by atoms with van der Waals surface area (Å²) < 4.78 is 6.98. The van der Waals surface area contributed by atoms with E-state index in [2.05, 4.69) is 99.6 Å². The molecule has 9 atom stereocenters. The third-order valence-corrected chi connectivity index (χ3v) is 13.4. The lowest BCUT2D eigenvalue weighted by atomic mass is 9.51. The molecule has 2 bridgehead atoms. The summed E-state index contributed by atoms with van der Waals surface area (Å²) in [5.41, 5.74) is 1.25. The first-order chi connectivity index (χ1) is 19.6. The number of hydrogen-bond donors (Lipinski definition) is 0. The Hall–Kier alpha value is -1.02. The molecule has 0 N–H and O–H groups in total. The van der Waals surface area contributed by atoms with Gasteiger partial charge in [0, 0.05) is 5.41 Å². The van der Waals surface area contributed by atoms with Crippen molar-refractivity contribution in [3.8, 4) is 0 Å². The number of halogens is 1. The van der Waals surface area contributed by atoms with Crippen LogP contribution in [0.3, 0.4) is 0 Å². The van der Waals surface area contributed by atoms with Crippen LogP contribution in [-0.4, -0.2) is 16.4 Å². The predicted molar refractivity (Wildman–Crippen MR) is 179 cm³/mol. The Morgan fingerprint density at radius 3 is 2.21 bits per heavy atom. The van der Waals surface area contributed by atoms with Crippen molar-refractivity contribution in [1.82, 2.24) is 0 Å². The van der Waals surface area contributed by atoms with Crippen LogP contribution in [0.1, 0.15) is 152 Å². The smallest absolute Gasteiger partial charge is 0.328 e.